The zero-order valence-corrected chi connectivity index (χ0v) is 20.6. The van der Waals surface area contributed by atoms with Crippen molar-refractivity contribution in [3.63, 3.8) is 0 Å². The van der Waals surface area contributed by atoms with E-state index in [1.807, 2.05) is 57.2 Å². The van der Waals surface area contributed by atoms with Gasteiger partial charge in [0.15, 0.2) is 0 Å². The number of hydrogen-bond acceptors (Lipinski definition) is 5. The maximum atomic E-state index is 12.8. The molecule has 0 bridgehead atoms. The monoisotopic (exact) mass is 464 g/mol. The molecular weight excluding hydrogens is 428 g/mol. The lowest BCUT2D eigenvalue weighted by Gasteiger charge is -2.27. The van der Waals surface area contributed by atoms with Crippen LogP contribution in [0.4, 0.5) is 4.79 Å². The molecule has 0 radical (unpaired) electrons. The molecule has 2 aromatic carbocycles. The van der Waals surface area contributed by atoms with Crippen LogP contribution in [-0.4, -0.2) is 47.8 Å². The van der Waals surface area contributed by atoms with E-state index < -0.39 is 23.7 Å². The molecule has 0 saturated carbocycles. The number of rotatable bonds is 8. The average Bonchev–Trinajstić information content (AvgIpc) is 3.22. The summed E-state index contributed by atoms with van der Waals surface area (Å²) >= 11 is 0. The predicted molar refractivity (Wildman–Crippen MR) is 133 cm³/mol. The lowest BCUT2D eigenvalue weighted by atomic mass is 9.87. The molecule has 2 unspecified atom stereocenters. The Labute approximate surface area is 202 Å². The largest absolute Gasteiger partial charge is 0.464 e. The van der Waals surface area contributed by atoms with Gasteiger partial charge in [0.1, 0.15) is 11.6 Å². The van der Waals surface area contributed by atoms with Crippen molar-refractivity contribution in [2.24, 2.45) is 0 Å². The number of carbonyl (C=O) groups is 2. The zero-order chi connectivity index (χ0) is 24.7. The Balaban J connectivity index is 1.72. The molecule has 0 spiro atoms. The Morgan fingerprint density at radius 1 is 1.06 bits per heavy atom. The maximum Gasteiger partial charge on any atom is 0.411 e. The number of allylic oxidation sites excluding steroid dienone is 1. The summed E-state index contributed by atoms with van der Waals surface area (Å²) in [7, 11) is 0. The summed E-state index contributed by atoms with van der Waals surface area (Å²) in [6.45, 7) is 12.1. The molecule has 1 N–H and O–H groups in total. The van der Waals surface area contributed by atoms with E-state index in [0.717, 1.165) is 5.70 Å². The van der Waals surface area contributed by atoms with Crippen molar-refractivity contribution < 1.29 is 19.1 Å². The molecule has 34 heavy (non-hydrogen) atoms. The van der Waals surface area contributed by atoms with E-state index in [2.05, 4.69) is 36.2 Å². The first-order valence-electron chi connectivity index (χ1n) is 11.9. The molecule has 2 atom stereocenters. The summed E-state index contributed by atoms with van der Waals surface area (Å²) in [6, 6.07) is 19.9. The number of hydrogen-bond donors (Lipinski definition) is 1. The summed E-state index contributed by atoms with van der Waals surface area (Å²) in [5.41, 5.74) is 2.63. The lowest BCUT2D eigenvalue weighted by Crippen LogP contribution is -2.44. The number of carbonyl (C=O) groups excluding carboxylic acids is 2. The minimum atomic E-state index is -0.681. The van der Waals surface area contributed by atoms with E-state index >= 15 is 0 Å². The smallest absolute Gasteiger partial charge is 0.411 e. The van der Waals surface area contributed by atoms with Crippen LogP contribution in [0.15, 0.2) is 72.9 Å². The fraction of sp³-hybridized carbons (Fsp3) is 0.429. The van der Waals surface area contributed by atoms with Gasteiger partial charge in [-0.1, -0.05) is 67.2 Å². The molecule has 1 aliphatic rings. The van der Waals surface area contributed by atoms with Crippen LogP contribution in [-0.2, 0) is 14.3 Å². The second-order valence-electron chi connectivity index (χ2n) is 9.66. The molecule has 1 aliphatic heterocycles. The molecule has 1 heterocycles. The summed E-state index contributed by atoms with van der Waals surface area (Å²) in [5, 5.41) is 3.47. The molecule has 1 fully saturated rings. The third-order valence-electron chi connectivity index (χ3n) is 5.75. The topological polar surface area (TPSA) is 67.9 Å². The van der Waals surface area contributed by atoms with Crippen LogP contribution in [0, 0.1) is 0 Å². The van der Waals surface area contributed by atoms with Crippen LogP contribution < -0.4 is 5.32 Å². The van der Waals surface area contributed by atoms with E-state index in [4.69, 9.17) is 9.47 Å². The highest BCUT2D eigenvalue weighted by molar-refractivity contribution is 5.82. The summed E-state index contributed by atoms with van der Waals surface area (Å²) in [5.74, 6) is -0.263. The number of likely N-dealkylation sites (tertiary alicyclic amines) is 1. The van der Waals surface area contributed by atoms with E-state index in [1.54, 1.807) is 6.92 Å². The van der Waals surface area contributed by atoms with Crippen molar-refractivity contribution >= 4 is 12.1 Å². The van der Waals surface area contributed by atoms with Crippen LogP contribution in [0.25, 0.3) is 0 Å². The van der Waals surface area contributed by atoms with Crippen molar-refractivity contribution in [1.29, 1.82) is 0 Å². The quantitative estimate of drug-likeness (QED) is 0.540. The van der Waals surface area contributed by atoms with Crippen molar-refractivity contribution in [2.45, 2.75) is 64.1 Å². The Kier molecular flexibility index (Phi) is 8.37. The second kappa shape index (κ2) is 11.2. The van der Waals surface area contributed by atoms with Crippen LogP contribution in [0.2, 0.25) is 0 Å². The van der Waals surface area contributed by atoms with Gasteiger partial charge in [-0.15, -0.1) is 0 Å². The first-order valence-corrected chi connectivity index (χ1v) is 11.9. The van der Waals surface area contributed by atoms with Gasteiger partial charge < -0.3 is 14.8 Å². The number of esters is 1. The normalized spacial score (nSPS) is 18.0. The van der Waals surface area contributed by atoms with Crippen LogP contribution in [0.1, 0.15) is 57.6 Å². The van der Waals surface area contributed by atoms with Gasteiger partial charge in [0, 0.05) is 30.6 Å². The number of nitrogens with zero attached hydrogens (tertiary/aromatic N) is 1. The van der Waals surface area contributed by atoms with Gasteiger partial charge in [-0.05, 0) is 45.2 Å². The molecule has 0 aromatic heterocycles. The molecular formula is C28H36N2O4. The predicted octanol–water partition coefficient (Wildman–Crippen LogP) is 5.25. The van der Waals surface area contributed by atoms with Gasteiger partial charge >= 0.3 is 12.1 Å². The minimum Gasteiger partial charge on any atom is -0.464 e. The van der Waals surface area contributed by atoms with Crippen molar-refractivity contribution in [2.75, 3.05) is 13.2 Å². The molecule has 3 rings (SSSR count). The highest BCUT2D eigenvalue weighted by Gasteiger charge is 2.42. The Morgan fingerprint density at radius 2 is 1.62 bits per heavy atom. The molecule has 6 nitrogen and oxygen atoms in total. The van der Waals surface area contributed by atoms with Crippen LogP contribution in [0.3, 0.4) is 0 Å². The van der Waals surface area contributed by atoms with E-state index in [1.165, 1.54) is 16.0 Å². The van der Waals surface area contributed by atoms with E-state index in [0.29, 0.717) is 19.4 Å². The SMILES string of the molecule is C=C(CC(c1ccccc1)c1ccccc1)NC1CC(C(=O)OCC)N(C(=O)OC(C)(C)C)C1. The molecule has 2 aromatic rings. The van der Waals surface area contributed by atoms with Crippen molar-refractivity contribution in [1.82, 2.24) is 10.2 Å². The van der Waals surface area contributed by atoms with Gasteiger partial charge in [0.2, 0.25) is 0 Å². The molecule has 182 valence electrons. The first-order chi connectivity index (χ1) is 16.2. The molecule has 6 heteroatoms. The molecule has 1 amide bonds. The van der Waals surface area contributed by atoms with Crippen molar-refractivity contribution in [3.05, 3.63) is 84.1 Å². The number of nitrogens with one attached hydrogen (secondary N) is 1. The lowest BCUT2D eigenvalue weighted by molar-refractivity contribution is -0.148. The van der Waals surface area contributed by atoms with Gasteiger partial charge in [-0.3, -0.25) is 4.90 Å². The summed E-state index contributed by atoms with van der Waals surface area (Å²) in [4.78, 5) is 26.9. The average molecular weight is 465 g/mol. The first kappa shape index (κ1) is 25.3. The van der Waals surface area contributed by atoms with Gasteiger partial charge in [0.05, 0.1) is 6.61 Å². The van der Waals surface area contributed by atoms with Crippen LogP contribution in [0.5, 0.6) is 0 Å². The fourth-order valence-electron chi connectivity index (χ4n) is 4.32. The standard InChI is InChI=1S/C28H36N2O4/c1-6-33-26(31)25-18-23(19-30(25)27(32)34-28(3,4)5)29-20(2)17-24(21-13-9-7-10-14-21)22-15-11-8-12-16-22/h7-16,23-25,29H,2,6,17-19H2,1,3-5H3. The Bertz CT molecular complexity index is 929. The highest BCUT2D eigenvalue weighted by Crippen LogP contribution is 2.31. The highest BCUT2D eigenvalue weighted by atomic mass is 16.6. The summed E-state index contributed by atoms with van der Waals surface area (Å²) < 4.78 is 10.8. The number of amides is 1. The van der Waals surface area contributed by atoms with Crippen molar-refractivity contribution in [3.8, 4) is 0 Å². The number of ether oxygens (including phenoxy) is 2. The third-order valence-corrected chi connectivity index (χ3v) is 5.75. The third kappa shape index (κ3) is 6.86. The maximum absolute atomic E-state index is 12.8. The van der Waals surface area contributed by atoms with Gasteiger partial charge in [0.25, 0.3) is 0 Å². The van der Waals surface area contributed by atoms with E-state index in [9.17, 15) is 9.59 Å². The van der Waals surface area contributed by atoms with E-state index in [-0.39, 0.29) is 18.6 Å². The van der Waals surface area contributed by atoms with Gasteiger partial charge in [-0.2, -0.15) is 0 Å². The fourth-order valence-corrected chi connectivity index (χ4v) is 4.32. The molecule has 0 aliphatic carbocycles. The molecule has 1 saturated heterocycles. The van der Waals surface area contributed by atoms with Gasteiger partial charge in [-0.25, -0.2) is 9.59 Å². The second-order valence-corrected chi connectivity index (χ2v) is 9.66. The zero-order valence-electron chi connectivity index (χ0n) is 20.6. The van der Waals surface area contributed by atoms with Crippen LogP contribution >= 0.6 is 0 Å². The Hall–Kier alpha value is -3.28. The Morgan fingerprint density at radius 3 is 2.12 bits per heavy atom. The summed E-state index contributed by atoms with van der Waals surface area (Å²) in [6.07, 6.45) is 0.631. The minimum absolute atomic E-state index is 0.123. The number of benzene rings is 2.